The van der Waals surface area contributed by atoms with Gasteiger partial charge in [-0.25, -0.2) is 4.39 Å². The first-order valence-corrected chi connectivity index (χ1v) is 5.41. The molecule has 0 saturated carbocycles. The molecule has 1 heterocycles. The van der Waals surface area contributed by atoms with E-state index < -0.39 is 0 Å². The van der Waals surface area contributed by atoms with E-state index in [9.17, 15) is 4.39 Å². The molecule has 3 nitrogen and oxygen atoms in total. The highest BCUT2D eigenvalue weighted by Crippen LogP contribution is 2.19. The average molecular weight is 244 g/mol. The van der Waals surface area contributed by atoms with E-state index in [1.54, 1.807) is 12.1 Å². The number of rotatable bonds is 3. The molecule has 78 valence electrons. The van der Waals surface area contributed by atoms with E-state index in [0.717, 1.165) is 5.56 Å². The molecule has 15 heavy (non-hydrogen) atoms. The maximum Gasteiger partial charge on any atom is 0.208 e. The molecule has 1 aromatic carbocycles. The Morgan fingerprint density at radius 2 is 2.00 bits per heavy atom. The number of hydrogen-bond donors (Lipinski definition) is 1. The van der Waals surface area contributed by atoms with Crippen LogP contribution in [0.1, 0.15) is 5.56 Å². The first-order valence-electron chi connectivity index (χ1n) is 4.21. The van der Waals surface area contributed by atoms with Gasteiger partial charge < -0.3 is 5.32 Å². The number of nitrogens with one attached hydrogen (secondary N) is 1. The normalized spacial score (nSPS) is 10.3. The molecule has 2 aromatic rings. The van der Waals surface area contributed by atoms with Crippen molar-refractivity contribution in [1.29, 1.82) is 0 Å². The zero-order valence-electron chi connectivity index (χ0n) is 7.58. The van der Waals surface area contributed by atoms with E-state index in [2.05, 4.69) is 15.5 Å². The summed E-state index contributed by atoms with van der Waals surface area (Å²) in [6.45, 7) is 0.575. The lowest BCUT2D eigenvalue weighted by Gasteiger charge is -2.01. The van der Waals surface area contributed by atoms with E-state index in [4.69, 9.17) is 11.6 Å². The Morgan fingerprint density at radius 3 is 2.60 bits per heavy atom. The molecule has 2 rings (SSSR count). The number of benzene rings is 1. The topological polar surface area (TPSA) is 37.8 Å². The van der Waals surface area contributed by atoms with Crippen molar-refractivity contribution in [3.63, 3.8) is 0 Å². The van der Waals surface area contributed by atoms with Crippen molar-refractivity contribution < 1.29 is 4.39 Å². The highest BCUT2D eigenvalue weighted by molar-refractivity contribution is 7.18. The Morgan fingerprint density at radius 1 is 1.27 bits per heavy atom. The molecular formula is C9H7ClFN3S. The number of nitrogens with zero attached hydrogens (tertiary/aromatic N) is 2. The van der Waals surface area contributed by atoms with Gasteiger partial charge in [0.05, 0.1) is 0 Å². The zero-order valence-corrected chi connectivity index (χ0v) is 9.15. The van der Waals surface area contributed by atoms with E-state index in [1.807, 2.05) is 0 Å². The Balaban J connectivity index is 1.96. The second kappa shape index (κ2) is 4.55. The van der Waals surface area contributed by atoms with Crippen LogP contribution in [0, 0.1) is 5.82 Å². The highest BCUT2D eigenvalue weighted by Gasteiger charge is 2.00. The van der Waals surface area contributed by atoms with Crippen molar-refractivity contribution in [2.75, 3.05) is 5.32 Å². The van der Waals surface area contributed by atoms with Crippen LogP contribution in [0.15, 0.2) is 24.3 Å². The summed E-state index contributed by atoms with van der Waals surface area (Å²) in [5.41, 5.74) is 0.975. The maximum atomic E-state index is 12.6. The van der Waals surface area contributed by atoms with Crippen LogP contribution in [0.3, 0.4) is 0 Å². The molecule has 6 heteroatoms. The van der Waals surface area contributed by atoms with Crippen LogP contribution in [0.25, 0.3) is 0 Å². The number of halogens is 2. The summed E-state index contributed by atoms with van der Waals surface area (Å²) in [4.78, 5) is 0. The molecule has 0 bridgehead atoms. The van der Waals surface area contributed by atoms with Gasteiger partial charge in [-0.2, -0.15) is 0 Å². The van der Waals surface area contributed by atoms with E-state index >= 15 is 0 Å². The minimum Gasteiger partial charge on any atom is -0.356 e. The summed E-state index contributed by atoms with van der Waals surface area (Å²) >= 11 is 6.89. The molecule has 0 unspecified atom stereocenters. The summed E-state index contributed by atoms with van der Waals surface area (Å²) in [5.74, 6) is -0.238. The van der Waals surface area contributed by atoms with Gasteiger partial charge in [0, 0.05) is 6.54 Å². The van der Waals surface area contributed by atoms with Gasteiger partial charge >= 0.3 is 0 Å². The Bertz CT molecular complexity index is 443. The fourth-order valence-electron chi connectivity index (χ4n) is 1.06. The molecule has 1 aromatic heterocycles. The number of anilines is 1. The minimum atomic E-state index is -0.238. The monoisotopic (exact) mass is 243 g/mol. The fourth-order valence-corrected chi connectivity index (χ4v) is 1.78. The first-order chi connectivity index (χ1) is 7.24. The van der Waals surface area contributed by atoms with Gasteiger partial charge in [0.2, 0.25) is 9.60 Å². The van der Waals surface area contributed by atoms with Crippen LogP contribution >= 0.6 is 22.9 Å². The van der Waals surface area contributed by atoms with Crippen LogP contribution in [0.2, 0.25) is 4.47 Å². The van der Waals surface area contributed by atoms with Gasteiger partial charge in [0.1, 0.15) is 5.82 Å². The molecule has 0 saturated heterocycles. The van der Waals surface area contributed by atoms with Gasteiger partial charge in [-0.1, -0.05) is 23.5 Å². The SMILES string of the molecule is Fc1ccc(CNc2nnc(Cl)s2)cc1. The van der Waals surface area contributed by atoms with Crippen molar-refractivity contribution in [3.8, 4) is 0 Å². The van der Waals surface area contributed by atoms with Gasteiger partial charge in [-0.3, -0.25) is 0 Å². The van der Waals surface area contributed by atoms with Crippen LogP contribution in [0.4, 0.5) is 9.52 Å². The molecule has 0 aliphatic heterocycles. The summed E-state index contributed by atoms with van der Waals surface area (Å²) in [7, 11) is 0. The number of hydrogen-bond acceptors (Lipinski definition) is 4. The second-order valence-corrected chi connectivity index (χ2v) is 4.40. The molecule has 0 atom stereocenters. The summed E-state index contributed by atoms with van der Waals surface area (Å²) < 4.78 is 13.0. The van der Waals surface area contributed by atoms with Gasteiger partial charge in [-0.15, -0.1) is 10.2 Å². The fraction of sp³-hybridized carbons (Fsp3) is 0.111. The lowest BCUT2D eigenvalue weighted by Crippen LogP contribution is -1.98. The molecule has 1 N–H and O–H groups in total. The van der Waals surface area contributed by atoms with Crippen LogP contribution in [-0.4, -0.2) is 10.2 Å². The number of aromatic nitrogens is 2. The van der Waals surface area contributed by atoms with Gasteiger partial charge in [0.15, 0.2) is 0 Å². The Hall–Kier alpha value is -1.20. The maximum absolute atomic E-state index is 12.6. The van der Waals surface area contributed by atoms with Gasteiger partial charge in [0.25, 0.3) is 0 Å². The first kappa shape index (κ1) is 10.3. The summed E-state index contributed by atoms with van der Waals surface area (Å²) in [6, 6.07) is 6.27. The Kier molecular flexibility index (Phi) is 3.13. The molecule has 0 aliphatic carbocycles. The summed E-state index contributed by atoms with van der Waals surface area (Å²) in [5, 5.41) is 11.2. The van der Waals surface area contributed by atoms with Crippen molar-refractivity contribution in [3.05, 3.63) is 40.1 Å². The smallest absolute Gasteiger partial charge is 0.208 e. The molecule has 0 amide bonds. The van der Waals surface area contributed by atoms with Crippen molar-refractivity contribution >= 4 is 28.1 Å². The van der Waals surface area contributed by atoms with E-state index in [-0.39, 0.29) is 5.82 Å². The molecule has 0 fully saturated rings. The molecule has 0 spiro atoms. The predicted molar refractivity (Wildman–Crippen MR) is 58.6 cm³/mol. The van der Waals surface area contributed by atoms with Crippen LogP contribution in [0.5, 0.6) is 0 Å². The zero-order chi connectivity index (χ0) is 10.7. The predicted octanol–water partition coefficient (Wildman–Crippen LogP) is 2.94. The standard InChI is InChI=1S/C9H7ClFN3S/c10-8-13-14-9(15-8)12-5-6-1-3-7(11)4-2-6/h1-4H,5H2,(H,12,14). The van der Waals surface area contributed by atoms with Crippen LogP contribution in [-0.2, 0) is 6.54 Å². The van der Waals surface area contributed by atoms with Crippen molar-refractivity contribution in [2.24, 2.45) is 0 Å². The third-order valence-corrected chi connectivity index (χ3v) is 2.73. The average Bonchev–Trinajstić information content (AvgIpc) is 2.64. The van der Waals surface area contributed by atoms with E-state index in [0.29, 0.717) is 16.1 Å². The van der Waals surface area contributed by atoms with Crippen LogP contribution < -0.4 is 5.32 Å². The van der Waals surface area contributed by atoms with Crippen molar-refractivity contribution in [1.82, 2.24) is 10.2 Å². The largest absolute Gasteiger partial charge is 0.356 e. The van der Waals surface area contributed by atoms with Gasteiger partial charge in [-0.05, 0) is 29.3 Å². The quantitative estimate of drug-likeness (QED) is 0.901. The lowest BCUT2D eigenvalue weighted by atomic mass is 10.2. The van der Waals surface area contributed by atoms with E-state index in [1.165, 1.54) is 23.5 Å². The second-order valence-electron chi connectivity index (χ2n) is 2.84. The molecule has 0 radical (unpaired) electrons. The lowest BCUT2D eigenvalue weighted by molar-refractivity contribution is 0.627. The third kappa shape index (κ3) is 2.87. The minimum absolute atomic E-state index is 0.238. The Labute approximate surface area is 94.9 Å². The highest BCUT2D eigenvalue weighted by atomic mass is 35.5. The molecular weight excluding hydrogens is 237 g/mol. The third-order valence-electron chi connectivity index (χ3n) is 1.76. The summed E-state index contributed by atoms with van der Waals surface area (Å²) in [6.07, 6.45) is 0. The van der Waals surface area contributed by atoms with Crippen molar-refractivity contribution in [2.45, 2.75) is 6.54 Å². The molecule has 0 aliphatic rings.